The lowest BCUT2D eigenvalue weighted by atomic mass is 9.70. The molecule has 0 aromatic heterocycles. The van der Waals surface area contributed by atoms with Crippen molar-refractivity contribution < 1.29 is 18.0 Å². The van der Waals surface area contributed by atoms with Gasteiger partial charge in [0.1, 0.15) is 0 Å². The number of halogens is 3. The molecular weight excluding hydrogens is 459 g/mol. The largest absolute Gasteiger partial charge is 0.393 e. The topological polar surface area (TPSA) is 95.5 Å². The summed E-state index contributed by atoms with van der Waals surface area (Å²) in [6.45, 7) is 5.50. The predicted octanol–water partition coefficient (Wildman–Crippen LogP) is 1.28. The third-order valence-corrected chi connectivity index (χ3v) is 8.70. The highest BCUT2D eigenvalue weighted by atomic mass is 19.4. The first kappa shape index (κ1) is 26.6. The zero-order valence-corrected chi connectivity index (χ0v) is 20.6. The van der Waals surface area contributed by atoms with Crippen molar-refractivity contribution in [1.29, 1.82) is 5.26 Å². The van der Waals surface area contributed by atoms with E-state index < -0.39 is 12.1 Å². The quantitative estimate of drug-likeness (QED) is 0.453. The second-order valence-corrected chi connectivity index (χ2v) is 10.8. The Morgan fingerprint density at radius 2 is 1.94 bits per heavy atom. The fraction of sp³-hybridized carbons (Fsp3) is 0.917. The molecule has 7 unspecified atom stereocenters. The Balaban J connectivity index is 1.28. The molecule has 0 bridgehead atoms. The summed E-state index contributed by atoms with van der Waals surface area (Å²) in [5.41, 5.74) is 6.80. The Hall–Kier alpha value is -1.45. The minimum Gasteiger partial charge on any atom is -0.359 e. The molecule has 4 rings (SSSR count). The van der Waals surface area contributed by atoms with Crippen LogP contribution in [0.5, 0.6) is 0 Å². The highest BCUT2D eigenvalue weighted by molar-refractivity contribution is 5.79. The number of piperidine rings is 1. The van der Waals surface area contributed by atoms with Gasteiger partial charge < -0.3 is 15.5 Å². The number of hydrogen-bond donors (Lipinski definition) is 4. The van der Waals surface area contributed by atoms with Gasteiger partial charge in [-0.3, -0.25) is 20.5 Å². The Morgan fingerprint density at radius 3 is 2.63 bits per heavy atom. The highest BCUT2D eigenvalue weighted by Crippen LogP contribution is 2.38. The van der Waals surface area contributed by atoms with Crippen LogP contribution >= 0.6 is 0 Å². The number of hydrazine groups is 1. The number of nitrogens with one attached hydrogen (secondary N) is 4. The van der Waals surface area contributed by atoms with Crippen LogP contribution in [0.3, 0.4) is 0 Å². The average molecular weight is 500 g/mol. The predicted molar refractivity (Wildman–Crippen MR) is 126 cm³/mol. The van der Waals surface area contributed by atoms with Gasteiger partial charge in [0.15, 0.2) is 0 Å². The first-order valence-electron chi connectivity index (χ1n) is 13.2. The van der Waals surface area contributed by atoms with Crippen LogP contribution in [0.2, 0.25) is 0 Å². The van der Waals surface area contributed by atoms with Crippen molar-refractivity contribution in [3.8, 4) is 6.07 Å². The zero-order chi connectivity index (χ0) is 25.0. The van der Waals surface area contributed by atoms with Crippen LogP contribution in [0, 0.1) is 40.9 Å². The minimum atomic E-state index is -4.11. The lowest BCUT2D eigenvalue weighted by Gasteiger charge is -2.38. The zero-order valence-electron chi connectivity index (χ0n) is 20.6. The van der Waals surface area contributed by atoms with Crippen LogP contribution in [-0.4, -0.2) is 87.0 Å². The summed E-state index contributed by atoms with van der Waals surface area (Å²) in [6, 6.07) is 2.60. The molecule has 3 heterocycles. The number of alkyl halides is 3. The standard InChI is InChI=1S/C24H40F3N7O/c1-29-23(35)20-11-16(3-4-17(20)12-28)22-18(13-31-32-22)15-33-7-2-8-34(10-9-33)21-6-5-19(14-30-21)24(25,26)27/h16-22,30-32H,2-11,13-15H2,1H3,(H,29,35). The number of amides is 1. The van der Waals surface area contributed by atoms with Gasteiger partial charge in [-0.05, 0) is 51.0 Å². The lowest BCUT2D eigenvalue weighted by Crippen LogP contribution is -2.53. The fourth-order valence-electron chi connectivity index (χ4n) is 6.64. The van der Waals surface area contributed by atoms with E-state index in [2.05, 4.69) is 37.4 Å². The average Bonchev–Trinajstić information content (AvgIpc) is 3.19. The van der Waals surface area contributed by atoms with E-state index in [4.69, 9.17) is 0 Å². The van der Waals surface area contributed by atoms with Crippen LogP contribution in [0.4, 0.5) is 13.2 Å². The van der Waals surface area contributed by atoms with Crippen LogP contribution < -0.4 is 21.5 Å². The number of carbonyl (C=O) groups is 1. The van der Waals surface area contributed by atoms with Gasteiger partial charge >= 0.3 is 6.18 Å². The van der Waals surface area contributed by atoms with Gasteiger partial charge in [-0.1, -0.05) is 0 Å². The van der Waals surface area contributed by atoms with Gasteiger partial charge in [0.25, 0.3) is 0 Å². The highest BCUT2D eigenvalue weighted by Gasteiger charge is 2.43. The van der Waals surface area contributed by atoms with Crippen LogP contribution in [0.1, 0.15) is 38.5 Å². The first-order chi connectivity index (χ1) is 16.8. The maximum Gasteiger partial charge on any atom is 0.393 e. The van der Waals surface area contributed by atoms with E-state index in [0.29, 0.717) is 18.3 Å². The summed E-state index contributed by atoms with van der Waals surface area (Å²) >= 11 is 0. The molecule has 8 nitrogen and oxygen atoms in total. The number of carbonyl (C=O) groups excluding carboxylic acids is 1. The third-order valence-electron chi connectivity index (χ3n) is 8.70. The van der Waals surface area contributed by atoms with E-state index in [-0.39, 0.29) is 42.9 Å². The molecule has 3 saturated heterocycles. The number of rotatable bonds is 5. The summed E-state index contributed by atoms with van der Waals surface area (Å²) in [4.78, 5) is 17.2. The summed E-state index contributed by atoms with van der Waals surface area (Å²) < 4.78 is 39.0. The molecule has 1 amide bonds. The van der Waals surface area contributed by atoms with Crippen molar-refractivity contribution >= 4 is 5.91 Å². The smallest absolute Gasteiger partial charge is 0.359 e. The maximum absolute atomic E-state index is 13.0. The van der Waals surface area contributed by atoms with Gasteiger partial charge in [-0.25, -0.2) is 0 Å². The normalized spacial score (nSPS) is 38.0. The molecule has 198 valence electrons. The van der Waals surface area contributed by atoms with Crippen molar-refractivity contribution in [2.45, 2.75) is 56.9 Å². The van der Waals surface area contributed by atoms with E-state index in [1.165, 1.54) is 0 Å². The van der Waals surface area contributed by atoms with Crippen molar-refractivity contribution in [3.63, 3.8) is 0 Å². The molecule has 4 N–H and O–H groups in total. The van der Waals surface area contributed by atoms with Crippen molar-refractivity contribution in [3.05, 3.63) is 0 Å². The molecule has 0 aromatic rings. The lowest BCUT2D eigenvalue weighted by molar-refractivity contribution is -0.181. The Morgan fingerprint density at radius 1 is 1.11 bits per heavy atom. The van der Waals surface area contributed by atoms with E-state index in [0.717, 1.165) is 65.0 Å². The second-order valence-electron chi connectivity index (χ2n) is 10.8. The number of hydrogen-bond acceptors (Lipinski definition) is 7. The molecule has 4 aliphatic rings. The van der Waals surface area contributed by atoms with Crippen molar-refractivity contribution in [2.24, 2.45) is 29.6 Å². The van der Waals surface area contributed by atoms with Gasteiger partial charge in [0, 0.05) is 58.3 Å². The summed E-state index contributed by atoms with van der Waals surface area (Å²) in [6.07, 6.45) is 0.107. The Kier molecular flexibility index (Phi) is 8.92. The fourth-order valence-corrected chi connectivity index (χ4v) is 6.64. The monoisotopic (exact) mass is 499 g/mol. The summed E-state index contributed by atoms with van der Waals surface area (Å²) in [5.74, 6) is -0.967. The van der Waals surface area contributed by atoms with Crippen LogP contribution in [0.25, 0.3) is 0 Å². The molecule has 35 heavy (non-hydrogen) atoms. The SMILES string of the molecule is CNC(=O)C1CC(C2NNCC2CN2CCCN(C3CCC(C(F)(F)F)CN3)CC2)CCC1C#N. The molecule has 0 spiro atoms. The van der Waals surface area contributed by atoms with Crippen molar-refractivity contribution in [1.82, 2.24) is 31.3 Å². The molecular formula is C24H40F3N7O. The van der Waals surface area contributed by atoms with Crippen LogP contribution in [0.15, 0.2) is 0 Å². The van der Waals surface area contributed by atoms with E-state index >= 15 is 0 Å². The minimum absolute atomic E-state index is 0.0145. The van der Waals surface area contributed by atoms with E-state index in [1.807, 2.05) is 0 Å². The molecule has 0 radical (unpaired) electrons. The Bertz CT molecular complexity index is 752. The van der Waals surface area contributed by atoms with Gasteiger partial charge in [0.2, 0.25) is 5.91 Å². The van der Waals surface area contributed by atoms with Crippen LogP contribution in [-0.2, 0) is 4.79 Å². The maximum atomic E-state index is 13.0. The first-order valence-corrected chi connectivity index (χ1v) is 13.2. The Labute approximate surface area is 206 Å². The molecule has 3 aliphatic heterocycles. The number of nitrogens with zero attached hydrogens (tertiary/aromatic N) is 3. The molecule has 1 aliphatic carbocycles. The molecule has 1 saturated carbocycles. The van der Waals surface area contributed by atoms with E-state index in [1.54, 1.807) is 7.05 Å². The van der Waals surface area contributed by atoms with Gasteiger partial charge in [0.05, 0.1) is 30.0 Å². The second kappa shape index (κ2) is 11.7. The molecule has 0 aromatic carbocycles. The summed E-state index contributed by atoms with van der Waals surface area (Å²) in [7, 11) is 1.64. The molecule has 4 fully saturated rings. The third kappa shape index (κ3) is 6.46. The van der Waals surface area contributed by atoms with Crippen molar-refractivity contribution in [2.75, 3.05) is 52.9 Å². The molecule has 11 heteroatoms. The summed E-state index contributed by atoms with van der Waals surface area (Å²) in [5, 5.41) is 15.4. The van der Waals surface area contributed by atoms with E-state index in [9.17, 15) is 23.2 Å². The van der Waals surface area contributed by atoms with Gasteiger partial charge in [-0.15, -0.1) is 0 Å². The number of nitriles is 1. The van der Waals surface area contributed by atoms with Gasteiger partial charge in [-0.2, -0.15) is 18.4 Å². The molecule has 7 atom stereocenters.